The monoisotopic (exact) mass is 265 g/mol. The van der Waals surface area contributed by atoms with E-state index in [1.165, 1.54) is 6.07 Å². The molecule has 0 atom stereocenters. The van der Waals surface area contributed by atoms with Crippen LogP contribution in [0.2, 0.25) is 10.0 Å². The molecule has 1 aromatic carbocycles. The quantitative estimate of drug-likeness (QED) is 0.306. The molecule has 0 aromatic heterocycles. The van der Waals surface area contributed by atoms with Gasteiger partial charge < -0.3 is 0 Å². The molecule has 1 rings (SSSR count). The highest BCUT2D eigenvalue weighted by Crippen LogP contribution is 2.34. The van der Waals surface area contributed by atoms with Gasteiger partial charge in [-0.25, -0.2) is 0 Å². The van der Waals surface area contributed by atoms with Gasteiger partial charge in [-0.1, -0.05) is 28.3 Å². The molecule has 1 aromatic rings. The van der Waals surface area contributed by atoms with E-state index in [9.17, 15) is 0 Å². The minimum Gasteiger partial charge on any atom is -0.0838 e. The molecule has 0 radical (unpaired) electrons. The highest BCUT2D eigenvalue weighted by atomic mass is 79.9. The average Bonchev–Trinajstić information content (AvgIpc) is 2.01. The highest BCUT2D eigenvalue weighted by molar-refractivity contribution is 9.10. The standard InChI is InChI=1S/C6H2BrCl2N3/c7-3-1-5(9)6(11-12-10)2-4(3)8/h1-2H. The summed E-state index contributed by atoms with van der Waals surface area (Å²) in [4.78, 5) is 2.60. The van der Waals surface area contributed by atoms with Crippen LogP contribution in [-0.4, -0.2) is 0 Å². The Morgan fingerprint density at radius 2 is 2.00 bits per heavy atom. The second-order valence-corrected chi connectivity index (χ2v) is 3.58. The number of hydrogen-bond donors (Lipinski definition) is 0. The van der Waals surface area contributed by atoms with Crippen molar-refractivity contribution in [2.24, 2.45) is 5.11 Å². The van der Waals surface area contributed by atoms with Crippen LogP contribution in [0.4, 0.5) is 5.69 Å². The third-order valence-electron chi connectivity index (χ3n) is 1.14. The van der Waals surface area contributed by atoms with Gasteiger partial charge in [0.1, 0.15) is 0 Å². The van der Waals surface area contributed by atoms with E-state index in [1.54, 1.807) is 6.07 Å². The number of benzene rings is 1. The van der Waals surface area contributed by atoms with E-state index in [1.807, 2.05) is 0 Å². The molecule has 62 valence electrons. The maximum absolute atomic E-state index is 8.15. The molecule has 0 saturated heterocycles. The van der Waals surface area contributed by atoms with Crippen molar-refractivity contribution in [3.8, 4) is 0 Å². The van der Waals surface area contributed by atoms with E-state index in [2.05, 4.69) is 26.0 Å². The fourth-order valence-corrected chi connectivity index (χ4v) is 1.47. The molecule has 0 spiro atoms. The van der Waals surface area contributed by atoms with Crippen LogP contribution in [0, 0.1) is 0 Å². The van der Waals surface area contributed by atoms with Crippen molar-refractivity contribution in [2.45, 2.75) is 0 Å². The molecule has 3 nitrogen and oxygen atoms in total. The zero-order valence-corrected chi connectivity index (χ0v) is 8.73. The summed E-state index contributed by atoms with van der Waals surface area (Å²) in [5.41, 5.74) is 8.48. The Bertz CT molecular complexity index is 360. The molecule has 12 heavy (non-hydrogen) atoms. The Balaban J connectivity index is 3.32. The van der Waals surface area contributed by atoms with Crippen LogP contribution in [0.25, 0.3) is 10.4 Å². The Labute approximate surface area is 87.0 Å². The van der Waals surface area contributed by atoms with E-state index in [-0.39, 0.29) is 0 Å². The Hall–Kier alpha value is -0.410. The minimum absolute atomic E-state index is 0.326. The summed E-state index contributed by atoms with van der Waals surface area (Å²) in [7, 11) is 0. The third-order valence-corrected chi connectivity index (χ3v) is 2.64. The molecule has 0 bridgehead atoms. The van der Waals surface area contributed by atoms with Gasteiger partial charge in [0, 0.05) is 9.38 Å². The van der Waals surface area contributed by atoms with Crippen molar-refractivity contribution in [1.29, 1.82) is 0 Å². The van der Waals surface area contributed by atoms with Gasteiger partial charge in [-0.2, -0.15) is 0 Å². The molecule has 0 N–H and O–H groups in total. The number of hydrogen-bond acceptors (Lipinski definition) is 1. The summed E-state index contributed by atoms with van der Waals surface area (Å²) in [5, 5.41) is 4.18. The predicted octanol–water partition coefficient (Wildman–Crippen LogP) is 4.70. The van der Waals surface area contributed by atoms with E-state index < -0.39 is 0 Å². The number of halogens is 3. The maximum Gasteiger partial charge on any atom is 0.0577 e. The molecule has 0 aliphatic heterocycles. The van der Waals surface area contributed by atoms with E-state index in [0.29, 0.717) is 20.2 Å². The summed E-state index contributed by atoms with van der Waals surface area (Å²) in [5.74, 6) is 0. The fourth-order valence-electron chi connectivity index (χ4n) is 0.637. The highest BCUT2D eigenvalue weighted by Gasteiger charge is 2.02. The molecule has 0 fully saturated rings. The van der Waals surface area contributed by atoms with Crippen LogP contribution in [0.5, 0.6) is 0 Å². The van der Waals surface area contributed by atoms with Crippen LogP contribution in [0.3, 0.4) is 0 Å². The van der Waals surface area contributed by atoms with Gasteiger partial charge in [0.05, 0.1) is 15.7 Å². The largest absolute Gasteiger partial charge is 0.0838 e. The second-order valence-electron chi connectivity index (χ2n) is 1.91. The second kappa shape index (κ2) is 4.01. The van der Waals surface area contributed by atoms with E-state index in [0.717, 1.165) is 0 Å². The lowest BCUT2D eigenvalue weighted by molar-refractivity contribution is 1.47. The van der Waals surface area contributed by atoms with Crippen molar-refractivity contribution in [1.82, 2.24) is 0 Å². The Morgan fingerprint density at radius 1 is 1.33 bits per heavy atom. The lowest BCUT2D eigenvalue weighted by atomic mass is 10.3. The van der Waals surface area contributed by atoms with Gasteiger partial charge >= 0.3 is 0 Å². The first-order valence-corrected chi connectivity index (χ1v) is 4.39. The van der Waals surface area contributed by atoms with Crippen molar-refractivity contribution in [3.05, 3.63) is 37.1 Å². The topological polar surface area (TPSA) is 48.8 Å². The fraction of sp³-hybridized carbons (Fsp3) is 0. The number of rotatable bonds is 1. The Kier molecular flexibility index (Phi) is 3.23. The van der Waals surface area contributed by atoms with Gasteiger partial charge in [-0.15, -0.1) is 0 Å². The first-order chi connectivity index (χ1) is 5.65. The van der Waals surface area contributed by atoms with Crippen LogP contribution in [0.1, 0.15) is 0 Å². The maximum atomic E-state index is 8.15. The van der Waals surface area contributed by atoms with Crippen molar-refractivity contribution in [3.63, 3.8) is 0 Å². The molecule has 0 heterocycles. The van der Waals surface area contributed by atoms with Crippen LogP contribution in [-0.2, 0) is 0 Å². The van der Waals surface area contributed by atoms with Gasteiger partial charge in [0.2, 0.25) is 0 Å². The molecule has 6 heteroatoms. The SMILES string of the molecule is [N-]=[N+]=Nc1cc(Cl)c(Br)cc1Cl. The molecule has 0 aliphatic rings. The van der Waals surface area contributed by atoms with E-state index in [4.69, 9.17) is 28.7 Å². The predicted molar refractivity (Wildman–Crippen MR) is 53.0 cm³/mol. The van der Waals surface area contributed by atoms with Crippen LogP contribution < -0.4 is 0 Å². The third kappa shape index (κ3) is 2.05. The molecule has 0 aliphatic carbocycles. The summed E-state index contributed by atoms with van der Waals surface area (Å²) >= 11 is 14.6. The molecule has 0 saturated carbocycles. The van der Waals surface area contributed by atoms with Gasteiger partial charge in [-0.3, -0.25) is 0 Å². The summed E-state index contributed by atoms with van der Waals surface area (Å²) < 4.78 is 0.672. The normalized spacial score (nSPS) is 9.25. The lowest BCUT2D eigenvalue weighted by Gasteiger charge is -1.99. The number of azide groups is 1. The lowest BCUT2D eigenvalue weighted by Crippen LogP contribution is -1.71. The number of nitrogens with zero attached hydrogens (tertiary/aromatic N) is 3. The first-order valence-electron chi connectivity index (χ1n) is 2.85. The molecular formula is C6H2BrCl2N3. The van der Waals surface area contributed by atoms with Crippen molar-refractivity contribution < 1.29 is 0 Å². The van der Waals surface area contributed by atoms with Crippen LogP contribution in [0.15, 0.2) is 21.7 Å². The summed E-state index contributed by atoms with van der Waals surface area (Å²) in [6.07, 6.45) is 0. The summed E-state index contributed by atoms with van der Waals surface area (Å²) in [6, 6.07) is 3.07. The zero-order chi connectivity index (χ0) is 9.14. The van der Waals surface area contributed by atoms with Crippen molar-refractivity contribution in [2.75, 3.05) is 0 Å². The Morgan fingerprint density at radius 3 is 2.58 bits per heavy atom. The smallest absolute Gasteiger partial charge is 0.0577 e. The zero-order valence-electron chi connectivity index (χ0n) is 5.63. The average molecular weight is 267 g/mol. The van der Waals surface area contributed by atoms with Gasteiger partial charge in [-0.05, 0) is 33.6 Å². The van der Waals surface area contributed by atoms with Crippen molar-refractivity contribution >= 4 is 44.8 Å². The van der Waals surface area contributed by atoms with Gasteiger partial charge in [0.15, 0.2) is 0 Å². The molecule has 0 unspecified atom stereocenters. The van der Waals surface area contributed by atoms with E-state index >= 15 is 0 Å². The first kappa shape index (κ1) is 9.68. The minimum atomic E-state index is 0.326. The van der Waals surface area contributed by atoms with Crippen LogP contribution >= 0.6 is 39.1 Å². The van der Waals surface area contributed by atoms with Gasteiger partial charge in [0.25, 0.3) is 0 Å². The molecule has 0 amide bonds. The summed E-state index contributed by atoms with van der Waals surface area (Å²) in [6.45, 7) is 0. The molecular weight excluding hydrogens is 265 g/mol.